The third-order valence-electron chi connectivity index (χ3n) is 3.94. The van der Waals surface area contributed by atoms with Gasteiger partial charge in [-0.3, -0.25) is 14.4 Å². The van der Waals surface area contributed by atoms with E-state index in [1.54, 1.807) is 24.3 Å². The van der Waals surface area contributed by atoms with Crippen molar-refractivity contribution in [1.29, 1.82) is 0 Å². The molecule has 0 unspecified atom stereocenters. The highest BCUT2D eigenvalue weighted by Crippen LogP contribution is 2.16. The predicted molar refractivity (Wildman–Crippen MR) is 96.1 cm³/mol. The van der Waals surface area contributed by atoms with Crippen molar-refractivity contribution in [1.82, 2.24) is 15.5 Å². The molecule has 1 aromatic rings. The molecule has 0 aromatic heterocycles. The molecule has 3 amide bonds. The lowest BCUT2D eigenvalue weighted by Crippen LogP contribution is -2.48. The average molecular weight is 400 g/mol. The Balaban J connectivity index is 1.85. The van der Waals surface area contributed by atoms with E-state index in [1.165, 1.54) is 19.1 Å². The fraction of sp³-hybridized carbons (Fsp3) is 0.471. The predicted octanol–water partition coefficient (Wildman–Crippen LogP) is -0.0102. The Bertz CT molecular complexity index is 665. The van der Waals surface area contributed by atoms with Gasteiger partial charge in [0.1, 0.15) is 6.23 Å². The van der Waals surface area contributed by atoms with Crippen molar-refractivity contribution < 1.29 is 28.6 Å². The molecule has 1 fully saturated rings. The van der Waals surface area contributed by atoms with Crippen LogP contribution in [0.3, 0.4) is 0 Å². The molecule has 2 rings (SSSR count). The molecule has 0 radical (unpaired) electrons. The number of benzene rings is 1. The van der Waals surface area contributed by atoms with Crippen LogP contribution in [0.15, 0.2) is 24.3 Å². The summed E-state index contributed by atoms with van der Waals surface area (Å²) in [6.45, 7) is 0.747. The maximum absolute atomic E-state index is 12.6. The summed E-state index contributed by atoms with van der Waals surface area (Å²) in [7, 11) is 2.84. The van der Waals surface area contributed by atoms with Crippen molar-refractivity contribution in [2.75, 3.05) is 40.5 Å². The van der Waals surface area contributed by atoms with Gasteiger partial charge in [0.05, 0.1) is 19.7 Å². The Morgan fingerprint density at radius 2 is 1.81 bits per heavy atom. The minimum atomic E-state index is -0.838. The second-order valence-electron chi connectivity index (χ2n) is 5.65. The third-order valence-corrected chi connectivity index (χ3v) is 4.19. The highest BCUT2D eigenvalue weighted by molar-refractivity contribution is 6.35. The third kappa shape index (κ3) is 5.90. The Hall–Kier alpha value is -2.20. The van der Waals surface area contributed by atoms with Crippen LogP contribution in [0.2, 0.25) is 5.02 Å². The normalized spacial score (nSPS) is 16.4. The second-order valence-corrected chi connectivity index (χ2v) is 6.09. The van der Waals surface area contributed by atoms with Crippen molar-refractivity contribution in [2.45, 2.75) is 12.5 Å². The fourth-order valence-corrected chi connectivity index (χ4v) is 2.59. The Morgan fingerprint density at radius 1 is 1.19 bits per heavy atom. The van der Waals surface area contributed by atoms with Crippen LogP contribution in [0.25, 0.3) is 0 Å². The zero-order valence-electron chi connectivity index (χ0n) is 15.1. The number of methoxy groups -OCH3 is 2. The van der Waals surface area contributed by atoms with Crippen molar-refractivity contribution in [2.24, 2.45) is 0 Å². The smallest absolute Gasteiger partial charge is 0.309 e. The number of carbonyl (C=O) groups excluding carboxylic acids is 3. The highest BCUT2D eigenvalue weighted by atomic mass is 35.5. The molecule has 1 aromatic carbocycles. The number of halogens is 1. The highest BCUT2D eigenvalue weighted by Gasteiger charge is 2.31. The van der Waals surface area contributed by atoms with Gasteiger partial charge in [0.25, 0.3) is 5.91 Å². The number of rotatable bonds is 7. The molecule has 1 aliphatic heterocycles. The molecule has 10 heteroatoms. The van der Waals surface area contributed by atoms with E-state index in [0.717, 1.165) is 0 Å². The molecule has 1 heterocycles. The van der Waals surface area contributed by atoms with E-state index in [-0.39, 0.29) is 19.0 Å². The van der Waals surface area contributed by atoms with E-state index < -0.39 is 24.3 Å². The molecule has 1 saturated heterocycles. The van der Waals surface area contributed by atoms with Crippen LogP contribution in [-0.2, 0) is 23.8 Å². The lowest BCUT2D eigenvalue weighted by molar-refractivity contribution is -0.142. The minimum Gasteiger partial charge on any atom is -0.355 e. The van der Waals surface area contributed by atoms with E-state index in [9.17, 15) is 14.4 Å². The molecule has 9 nitrogen and oxygen atoms in total. The van der Waals surface area contributed by atoms with Gasteiger partial charge in [0, 0.05) is 31.4 Å². The van der Waals surface area contributed by atoms with Gasteiger partial charge < -0.3 is 29.7 Å². The van der Waals surface area contributed by atoms with Crippen molar-refractivity contribution in [3.63, 3.8) is 0 Å². The molecule has 148 valence electrons. The van der Waals surface area contributed by atoms with Crippen LogP contribution in [0.5, 0.6) is 0 Å². The Labute approximate surface area is 161 Å². The van der Waals surface area contributed by atoms with Crippen molar-refractivity contribution in [3.05, 3.63) is 34.9 Å². The largest absolute Gasteiger partial charge is 0.355 e. The van der Waals surface area contributed by atoms with Crippen molar-refractivity contribution >= 4 is 29.3 Å². The summed E-state index contributed by atoms with van der Waals surface area (Å²) >= 11 is 5.83. The van der Waals surface area contributed by atoms with Crippen LogP contribution < -0.4 is 10.6 Å². The average Bonchev–Trinajstić information content (AvgIpc) is 3.15. The van der Waals surface area contributed by atoms with Gasteiger partial charge in [-0.1, -0.05) is 11.6 Å². The molecular weight excluding hydrogens is 378 g/mol. The van der Waals surface area contributed by atoms with Gasteiger partial charge in [-0.2, -0.15) is 0 Å². The standard InChI is InChI=1S/C17H22ClN3O6/c1-25-14(26-2)10-20-16(23)15(22)19-9-13-21(7-8-27-13)17(24)11-3-5-12(18)6-4-11/h3-6,13-14H,7-10H2,1-2H3,(H,19,22)(H,20,23)/t13-/m1/s1. The van der Waals surface area contributed by atoms with E-state index in [1.807, 2.05) is 0 Å². The maximum Gasteiger partial charge on any atom is 0.309 e. The first-order chi connectivity index (χ1) is 13.0. The number of amides is 3. The van der Waals surface area contributed by atoms with Crippen LogP contribution in [0.1, 0.15) is 10.4 Å². The SMILES string of the molecule is COC(CNC(=O)C(=O)NC[C@H]1OCCN1C(=O)c1ccc(Cl)cc1)OC. The summed E-state index contributed by atoms with van der Waals surface area (Å²) in [5, 5.41) is 5.38. The van der Waals surface area contributed by atoms with Gasteiger partial charge in [0.15, 0.2) is 6.29 Å². The molecule has 1 aliphatic rings. The van der Waals surface area contributed by atoms with Gasteiger partial charge in [-0.05, 0) is 24.3 Å². The van der Waals surface area contributed by atoms with E-state index in [0.29, 0.717) is 23.7 Å². The van der Waals surface area contributed by atoms with Gasteiger partial charge >= 0.3 is 11.8 Å². The van der Waals surface area contributed by atoms with Crippen LogP contribution in [-0.4, -0.2) is 75.6 Å². The molecular formula is C17H22ClN3O6. The lowest BCUT2D eigenvalue weighted by atomic mass is 10.2. The van der Waals surface area contributed by atoms with Gasteiger partial charge in [-0.25, -0.2) is 0 Å². The lowest BCUT2D eigenvalue weighted by Gasteiger charge is -2.23. The molecule has 0 saturated carbocycles. The van der Waals surface area contributed by atoms with Crippen LogP contribution in [0, 0.1) is 0 Å². The maximum atomic E-state index is 12.6. The molecule has 0 spiro atoms. The van der Waals surface area contributed by atoms with E-state index in [2.05, 4.69) is 10.6 Å². The monoisotopic (exact) mass is 399 g/mol. The Morgan fingerprint density at radius 3 is 2.44 bits per heavy atom. The summed E-state index contributed by atoms with van der Waals surface area (Å²) in [6, 6.07) is 6.49. The first-order valence-electron chi connectivity index (χ1n) is 8.26. The summed E-state index contributed by atoms with van der Waals surface area (Å²) in [5.41, 5.74) is 0.462. The zero-order valence-corrected chi connectivity index (χ0v) is 15.8. The number of ether oxygens (including phenoxy) is 3. The number of hydrogen-bond acceptors (Lipinski definition) is 6. The number of nitrogens with zero attached hydrogens (tertiary/aromatic N) is 1. The van der Waals surface area contributed by atoms with Crippen molar-refractivity contribution in [3.8, 4) is 0 Å². The summed E-state index contributed by atoms with van der Waals surface area (Å²) in [6.07, 6.45) is -1.30. The molecule has 27 heavy (non-hydrogen) atoms. The molecule has 2 N–H and O–H groups in total. The van der Waals surface area contributed by atoms with E-state index in [4.69, 9.17) is 25.8 Å². The summed E-state index contributed by atoms with van der Waals surface area (Å²) in [4.78, 5) is 37.7. The molecule has 0 aliphatic carbocycles. The quantitative estimate of drug-likeness (QED) is 0.493. The van der Waals surface area contributed by atoms with E-state index >= 15 is 0 Å². The van der Waals surface area contributed by atoms with Gasteiger partial charge in [-0.15, -0.1) is 0 Å². The molecule has 1 atom stereocenters. The summed E-state index contributed by atoms with van der Waals surface area (Å²) < 4.78 is 15.3. The van der Waals surface area contributed by atoms with Crippen LogP contribution >= 0.6 is 11.6 Å². The zero-order chi connectivity index (χ0) is 19.8. The second kappa shape index (κ2) is 10.2. The number of hydrogen-bond donors (Lipinski definition) is 2. The minimum absolute atomic E-state index is 0.0103. The fourth-order valence-electron chi connectivity index (χ4n) is 2.46. The topological polar surface area (TPSA) is 106 Å². The Kier molecular flexibility index (Phi) is 7.99. The first-order valence-corrected chi connectivity index (χ1v) is 8.63. The van der Waals surface area contributed by atoms with Crippen LogP contribution in [0.4, 0.5) is 0 Å². The number of nitrogens with one attached hydrogen (secondary N) is 2. The first kappa shape index (κ1) is 21.1. The summed E-state index contributed by atoms with van der Waals surface area (Å²) in [5.74, 6) is -1.91. The van der Waals surface area contributed by atoms with Gasteiger partial charge in [0.2, 0.25) is 0 Å². The molecule has 0 bridgehead atoms. The number of carbonyl (C=O) groups is 3.